The van der Waals surface area contributed by atoms with Crippen molar-refractivity contribution in [3.8, 4) is 0 Å². The summed E-state index contributed by atoms with van der Waals surface area (Å²) in [6, 6.07) is 0. The highest BCUT2D eigenvalue weighted by Crippen LogP contribution is 2.04. The molecule has 70 valence electrons. The van der Waals surface area contributed by atoms with Crippen molar-refractivity contribution in [2.75, 3.05) is 0 Å². The number of ether oxygens (including phenoxy) is 2. The fourth-order valence-corrected chi connectivity index (χ4v) is 0.736. The molecule has 0 radical (unpaired) electrons. The van der Waals surface area contributed by atoms with Crippen LogP contribution in [-0.4, -0.2) is 6.29 Å². The first-order valence-corrected chi connectivity index (χ1v) is 4.38. The van der Waals surface area contributed by atoms with Crippen LogP contribution in [0.15, 0.2) is 24.7 Å². The van der Waals surface area contributed by atoms with Gasteiger partial charge < -0.3 is 9.47 Å². The molecule has 0 aliphatic rings. The van der Waals surface area contributed by atoms with Crippen molar-refractivity contribution in [3.63, 3.8) is 0 Å². The monoisotopic (exact) mass is 170 g/mol. The molecule has 0 aliphatic heterocycles. The summed E-state index contributed by atoms with van der Waals surface area (Å²) in [5.74, 6) is 0. The molecule has 0 N–H and O–H groups in total. The van der Waals surface area contributed by atoms with E-state index in [4.69, 9.17) is 9.47 Å². The molecule has 0 spiro atoms. The lowest BCUT2D eigenvalue weighted by atomic mass is 10.3. The van der Waals surface area contributed by atoms with Gasteiger partial charge >= 0.3 is 0 Å². The standard InChI is InChI=1S/C10H18O2/c1-4-7-10(11-8-5-2)12-9-6-3/h5-6,8-10H,4,7H2,1-3H3. The summed E-state index contributed by atoms with van der Waals surface area (Å²) >= 11 is 0. The van der Waals surface area contributed by atoms with Gasteiger partial charge in [-0.25, -0.2) is 0 Å². The Hall–Kier alpha value is -0.920. The van der Waals surface area contributed by atoms with Gasteiger partial charge in [-0.05, 0) is 20.3 Å². The minimum atomic E-state index is -0.137. The van der Waals surface area contributed by atoms with Gasteiger partial charge in [0.15, 0.2) is 0 Å². The molecule has 0 unspecified atom stereocenters. The molecule has 0 aliphatic carbocycles. The van der Waals surface area contributed by atoms with E-state index >= 15 is 0 Å². The predicted octanol–water partition coefficient (Wildman–Crippen LogP) is 3.21. The van der Waals surface area contributed by atoms with E-state index in [1.807, 2.05) is 26.0 Å². The average molecular weight is 170 g/mol. The summed E-state index contributed by atoms with van der Waals surface area (Å²) in [6.45, 7) is 5.93. The molecule has 0 atom stereocenters. The lowest BCUT2D eigenvalue weighted by molar-refractivity contribution is -0.0663. The van der Waals surface area contributed by atoms with Crippen molar-refractivity contribution in [1.29, 1.82) is 0 Å². The Kier molecular flexibility index (Phi) is 7.55. The van der Waals surface area contributed by atoms with E-state index in [-0.39, 0.29) is 6.29 Å². The van der Waals surface area contributed by atoms with Crippen molar-refractivity contribution >= 4 is 0 Å². The van der Waals surface area contributed by atoms with E-state index in [0.29, 0.717) is 0 Å². The molecule has 0 amide bonds. The van der Waals surface area contributed by atoms with E-state index in [1.54, 1.807) is 12.5 Å². The molecular formula is C10H18O2. The fourth-order valence-electron chi connectivity index (χ4n) is 0.736. The Balaban J connectivity index is 3.68. The maximum absolute atomic E-state index is 5.28. The zero-order chi connectivity index (χ0) is 9.23. The Bertz CT molecular complexity index is 125. The SMILES string of the molecule is CC=COC(CCC)OC=CC. The molecule has 12 heavy (non-hydrogen) atoms. The van der Waals surface area contributed by atoms with Crippen LogP contribution < -0.4 is 0 Å². The second-order valence-electron chi connectivity index (χ2n) is 2.43. The molecule has 0 aromatic heterocycles. The number of rotatable bonds is 6. The van der Waals surface area contributed by atoms with Crippen LogP contribution in [0.4, 0.5) is 0 Å². The van der Waals surface area contributed by atoms with Crippen LogP contribution in [0.25, 0.3) is 0 Å². The van der Waals surface area contributed by atoms with Crippen LogP contribution in [0, 0.1) is 0 Å². The highest BCUT2D eigenvalue weighted by Gasteiger charge is 2.03. The molecular weight excluding hydrogens is 152 g/mol. The maximum Gasteiger partial charge on any atom is 0.239 e. The average Bonchev–Trinajstić information content (AvgIpc) is 2.10. The first-order valence-electron chi connectivity index (χ1n) is 4.38. The van der Waals surface area contributed by atoms with Crippen molar-refractivity contribution in [1.82, 2.24) is 0 Å². The number of hydrogen-bond acceptors (Lipinski definition) is 2. The number of allylic oxidation sites excluding steroid dienone is 2. The molecule has 0 fully saturated rings. The van der Waals surface area contributed by atoms with Crippen LogP contribution in [0.2, 0.25) is 0 Å². The van der Waals surface area contributed by atoms with Crippen molar-refractivity contribution in [2.45, 2.75) is 39.9 Å². The Morgan fingerprint density at radius 3 is 1.92 bits per heavy atom. The summed E-state index contributed by atoms with van der Waals surface area (Å²) in [7, 11) is 0. The van der Waals surface area contributed by atoms with Gasteiger partial charge in [0.2, 0.25) is 6.29 Å². The Morgan fingerprint density at radius 1 is 1.08 bits per heavy atom. The quantitative estimate of drug-likeness (QED) is 0.450. The van der Waals surface area contributed by atoms with Crippen molar-refractivity contribution in [3.05, 3.63) is 24.7 Å². The third kappa shape index (κ3) is 5.83. The molecule has 2 heteroatoms. The normalized spacial score (nSPS) is 13.9. The minimum Gasteiger partial charge on any atom is -0.463 e. The topological polar surface area (TPSA) is 18.5 Å². The largest absolute Gasteiger partial charge is 0.463 e. The van der Waals surface area contributed by atoms with Gasteiger partial charge in [0.25, 0.3) is 0 Å². The number of hydrogen-bond donors (Lipinski definition) is 0. The lowest BCUT2D eigenvalue weighted by Crippen LogP contribution is -2.10. The third-order valence-corrected chi connectivity index (χ3v) is 1.26. The molecule has 0 bridgehead atoms. The van der Waals surface area contributed by atoms with E-state index < -0.39 is 0 Å². The third-order valence-electron chi connectivity index (χ3n) is 1.26. The maximum atomic E-state index is 5.28. The second-order valence-corrected chi connectivity index (χ2v) is 2.43. The minimum absolute atomic E-state index is 0.137. The molecule has 0 aromatic carbocycles. The molecule has 0 rings (SSSR count). The molecule has 0 saturated heterocycles. The van der Waals surface area contributed by atoms with E-state index in [2.05, 4.69) is 6.92 Å². The summed E-state index contributed by atoms with van der Waals surface area (Å²) in [5.41, 5.74) is 0. The van der Waals surface area contributed by atoms with E-state index in [0.717, 1.165) is 12.8 Å². The van der Waals surface area contributed by atoms with Gasteiger partial charge in [0, 0.05) is 6.42 Å². The van der Waals surface area contributed by atoms with Crippen LogP contribution >= 0.6 is 0 Å². The van der Waals surface area contributed by atoms with Gasteiger partial charge in [0.1, 0.15) is 0 Å². The van der Waals surface area contributed by atoms with Crippen LogP contribution in [0.3, 0.4) is 0 Å². The zero-order valence-electron chi connectivity index (χ0n) is 8.12. The Morgan fingerprint density at radius 2 is 1.58 bits per heavy atom. The van der Waals surface area contributed by atoms with Crippen molar-refractivity contribution < 1.29 is 9.47 Å². The van der Waals surface area contributed by atoms with Gasteiger partial charge in [0.05, 0.1) is 12.5 Å². The summed E-state index contributed by atoms with van der Waals surface area (Å²) in [5, 5.41) is 0. The van der Waals surface area contributed by atoms with E-state index in [1.165, 1.54) is 0 Å². The first-order chi connectivity index (χ1) is 5.85. The van der Waals surface area contributed by atoms with E-state index in [9.17, 15) is 0 Å². The summed E-state index contributed by atoms with van der Waals surface area (Å²) in [4.78, 5) is 0. The fraction of sp³-hybridized carbons (Fsp3) is 0.600. The molecule has 0 saturated carbocycles. The Labute approximate surface area is 74.9 Å². The van der Waals surface area contributed by atoms with Gasteiger partial charge in [-0.15, -0.1) is 0 Å². The highest BCUT2D eigenvalue weighted by molar-refractivity contribution is 4.69. The smallest absolute Gasteiger partial charge is 0.239 e. The summed E-state index contributed by atoms with van der Waals surface area (Å²) < 4.78 is 10.6. The van der Waals surface area contributed by atoms with Crippen LogP contribution in [0.5, 0.6) is 0 Å². The van der Waals surface area contributed by atoms with Gasteiger partial charge in [-0.2, -0.15) is 0 Å². The van der Waals surface area contributed by atoms with Gasteiger partial charge in [-0.1, -0.05) is 19.1 Å². The van der Waals surface area contributed by atoms with Crippen molar-refractivity contribution in [2.24, 2.45) is 0 Å². The predicted molar refractivity (Wildman–Crippen MR) is 50.5 cm³/mol. The zero-order valence-corrected chi connectivity index (χ0v) is 8.12. The van der Waals surface area contributed by atoms with Gasteiger partial charge in [-0.3, -0.25) is 0 Å². The first kappa shape index (κ1) is 11.1. The van der Waals surface area contributed by atoms with Crippen LogP contribution in [-0.2, 0) is 9.47 Å². The molecule has 2 nitrogen and oxygen atoms in total. The molecule has 0 aromatic rings. The second kappa shape index (κ2) is 8.18. The highest BCUT2D eigenvalue weighted by atomic mass is 16.7. The lowest BCUT2D eigenvalue weighted by Gasteiger charge is -2.14. The van der Waals surface area contributed by atoms with Crippen LogP contribution in [0.1, 0.15) is 33.6 Å². The molecule has 0 heterocycles. The summed E-state index contributed by atoms with van der Waals surface area (Å²) in [6.07, 6.45) is 8.84.